The first-order valence-electron chi connectivity index (χ1n) is 6.70. The van der Waals surface area contributed by atoms with Gasteiger partial charge < -0.3 is 15.5 Å². The maximum absolute atomic E-state index is 13.6. The van der Waals surface area contributed by atoms with Crippen LogP contribution in [0.5, 0.6) is 5.75 Å². The quantitative estimate of drug-likeness (QED) is 0.746. The Balaban J connectivity index is 0.00000132. The minimum absolute atomic E-state index is 0. The fraction of sp³-hybridized carbons (Fsp3) is 0.188. The lowest BCUT2D eigenvalue weighted by molar-refractivity contribution is 0.414. The third-order valence-electron chi connectivity index (χ3n) is 3.45. The molecule has 1 atom stereocenters. The van der Waals surface area contributed by atoms with Gasteiger partial charge in [-0.3, -0.25) is 0 Å². The molecule has 2 aromatic carbocycles. The van der Waals surface area contributed by atoms with Crippen molar-refractivity contribution in [2.45, 2.75) is 12.5 Å². The van der Waals surface area contributed by atoms with E-state index in [1.165, 1.54) is 6.07 Å². The predicted octanol–water partition coefficient (Wildman–Crippen LogP) is 3.80. The molecule has 0 aliphatic rings. The third-order valence-corrected chi connectivity index (χ3v) is 3.45. The van der Waals surface area contributed by atoms with E-state index in [4.69, 9.17) is 10.5 Å². The average Bonchev–Trinajstić information content (AvgIpc) is 2.94. The molecule has 4 nitrogen and oxygen atoms in total. The highest BCUT2D eigenvalue weighted by Crippen LogP contribution is 2.21. The molecule has 3 aromatic rings. The van der Waals surface area contributed by atoms with Crippen LogP contribution in [0.15, 0.2) is 42.5 Å². The molecule has 0 saturated carbocycles. The Morgan fingerprint density at radius 1 is 1.17 bits per heavy atom. The SMILES string of the molecule is COc1ccc(C[C@@H](N)c2nc3c(F)cccc3[nH]2)cc1.Cl.Cl. The molecule has 7 heteroatoms. The molecule has 0 bridgehead atoms. The van der Waals surface area contributed by atoms with Crippen LogP contribution in [0.25, 0.3) is 11.0 Å². The Hall–Kier alpha value is -1.82. The summed E-state index contributed by atoms with van der Waals surface area (Å²) in [4.78, 5) is 7.34. The van der Waals surface area contributed by atoms with Gasteiger partial charge in [-0.15, -0.1) is 24.8 Å². The van der Waals surface area contributed by atoms with Crippen LogP contribution in [0, 0.1) is 5.82 Å². The Morgan fingerprint density at radius 3 is 2.48 bits per heavy atom. The van der Waals surface area contributed by atoms with Crippen molar-refractivity contribution >= 4 is 35.8 Å². The molecule has 0 spiro atoms. The van der Waals surface area contributed by atoms with Gasteiger partial charge in [0.15, 0.2) is 5.82 Å². The molecule has 3 N–H and O–H groups in total. The molecular weight excluding hydrogens is 340 g/mol. The van der Waals surface area contributed by atoms with E-state index in [1.807, 2.05) is 24.3 Å². The monoisotopic (exact) mass is 357 g/mol. The summed E-state index contributed by atoms with van der Waals surface area (Å²) in [6.07, 6.45) is 0.617. The number of H-pyrrole nitrogens is 1. The number of aromatic nitrogens is 2. The summed E-state index contributed by atoms with van der Waals surface area (Å²) in [5, 5.41) is 0. The van der Waals surface area contributed by atoms with Crippen LogP contribution in [0.2, 0.25) is 0 Å². The fourth-order valence-corrected chi connectivity index (χ4v) is 2.30. The number of rotatable bonds is 4. The van der Waals surface area contributed by atoms with Crippen molar-refractivity contribution in [2.24, 2.45) is 5.73 Å². The van der Waals surface area contributed by atoms with Crippen molar-refractivity contribution in [3.05, 3.63) is 59.7 Å². The average molecular weight is 358 g/mol. The highest BCUT2D eigenvalue weighted by molar-refractivity contribution is 5.85. The van der Waals surface area contributed by atoms with Crippen molar-refractivity contribution in [3.63, 3.8) is 0 Å². The molecule has 124 valence electrons. The normalized spacial score (nSPS) is 11.4. The number of hydrogen-bond acceptors (Lipinski definition) is 3. The van der Waals surface area contributed by atoms with Crippen molar-refractivity contribution in [2.75, 3.05) is 7.11 Å². The van der Waals surface area contributed by atoms with Crippen LogP contribution in [0.4, 0.5) is 4.39 Å². The van der Waals surface area contributed by atoms with Gasteiger partial charge in [0.05, 0.1) is 18.7 Å². The maximum Gasteiger partial charge on any atom is 0.151 e. The molecule has 1 aromatic heterocycles. The smallest absolute Gasteiger partial charge is 0.151 e. The molecule has 0 aliphatic heterocycles. The van der Waals surface area contributed by atoms with E-state index in [-0.39, 0.29) is 36.7 Å². The number of methoxy groups -OCH3 is 1. The first-order chi connectivity index (χ1) is 10.2. The van der Waals surface area contributed by atoms with Crippen molar-refractivity contribution < 1.29 is 9.13 Å². The molecule has 0 aliphatic carbocycles. The van der Waals surface area contributed by atoms with Crippen molar-refractivity contribution in [1.29, 1.82) is 0 Å². The van der Waals surface area contributed by atoms with E-state index in [0.717, 1.165) is 11.3 Å². The molecule has 0 saturated heterocycles. The Bertz CT molecular complexity index is 762. The largest absolute Gasteiger partial charge is 0.497 e. The topological polar surface area (TPSA) is 63.9 Å². The number of halogens is 3. The Morgan fingerprint density at radius 2 is 1.87 bits per heavy atom. The van der Waals surface area contributed by atoms with E-state index in [2.05, 4.69) is 9.97 Å². The van der Waals surface area contributed by atoms with Crippen LogP contribution < -0.4 is 10.5 Å². The number of fused-ring (bicyclic) bond motifs is 1. The molecule has 0 unspecified atom stereocenters. The first-order valence-corrected chi connectivity index (χ1v) is 6.70. The molecule has 0 fully saturated rings. The molecular formula is C16H18Cl2FN3O. The number of aromatic amines is 1. The summed E-state index contributed by atoms with van der Waals surface area (Å²) < 4.78 is 18.8. The first kappa shape index (κ1) is 19.2. The zero-order valence-electron chi connectivity index (χ0n) is 12.5. The third kappa shape index (κ3) is 4.13. The highest BCUT2D eigenvalue weighted by Gasteiger charge is 2.14. The minimum atomic E-state index is -0.341. The Labute approximate surface area is 146 Å². The number of nitrogens with two attached hydrogens (primary N) is 1. The summed E-state index contributed by atoms with van der Waals surface area (Å²) in [5.74, 6) is 1.05. The van der Waals surface area contributed by atoms with E-state index >= 15 is 0 Å². The van der Waals surface area contributed by atoms with Gasteiger partial charge in [-0.1, -0.05) is 18.2 Å². The summed E-state index contributed by atoms with van der Waals surface area (Å²) in [6.45, 7) is 0. The van der Waals surface area contributed by atoms with E-state index in [0.29, 0.717) is 23.3 Å². The second-order valence-electron chi connectivity index (χ2n) is 4.92. The van der Waals surface area contributed by atoms with E-state index in [1.54, 1.807) is 19.2 Å². The van der Waals surface area contributed by atoms with Crippen LogP contribution >= 0.6 is 24.8 Å². The second-order valence-corrected chi connectivity index (χ2v) is 4.92. The molecule has 1 heterocycles. The van der Waals surface area contributed by atoms with Gasteiger partial charge in [0.2, 0.25) is 0 Å². The minimum Gasteiger partial charge on any atom is -0.497 e. The molecule has 0 radical (unpaired) electrons. The standard InChI is InChI=1S/C16H16FN3O.2ClH/c1-21-11-7-5-10(6-8-11)9-13(18)16-19-14-4-2-3-12(17)15(14)20-16;;/h2-8,13H,9,18H2,1H3,(H,19,20);2*1H/t13-;;/m1../s1. The van der Waals surface area contributed by atoms with Gasteiger partial charge in [0.1, 0.15) is 17.1 Å². The number of nitrogens with zero attached hydrogens (tertiary/aromatic N) is 1. The molecule has 0 amide bonds. The van der Waals surface area contributed by atoms with Gasteiger partial charge in [0.25, 0.3) is 0 Å². The van der Waals surface area contributed by atoms with Crippen molar-refractivity contribution in [3.8, 4) is 5.75 Å². The summed E-state index contributed by atoms with van der Waals surface area (Å²) in [5.41, 5.74) is 8.23. The maximum atomic E-state index is 13.6. The molecule has 3 rings (SSSR count). The zero-order chi connectivity index (χ0) is 14.8. The lowest BCUT2D eigenvalue weighted by Gasteiger charge is -2.09. The summed E-state index contributed by atoms with van der Waals surface area (Å²) in [6, 6.07) is 12.2. The number of para-hydroxylation sites is 1. The fourth-order valence-electron chi connectivity index (χ4n) is 2.30. The van der Waals surface area contributed by atoms with E-state index < -0.39 is 0 Å². The number of benzene rings is 2. The summed E-state index contributed by atoms with van der Waals surface area (Å²) >= 11 is 0. The van der Waals surface area contributed by atoms with Gasteiger partial charge >= 0.3 is 0 Å². The lowest BCUT2D eigenvalue weighted by atomic mass is 10.1. The van der Waals surface area contributed by atoms with Crippen molar-refractivity contribution in [1.82, 2.24) is 9.97 Å². The number of ether oxygens (including phenoxy) is 1. The predicted molar refractivity (Wildman–Crippen MR) is 94.2 cm³/mol. The van der Waals surface area contributed by atoms with Gasteiger partial charge in [-0.25, -0.2) is 9.37 Å². The molecule has 23 heavy (non-hydrogen) atoms. The zero-order valence-corrected chi connectivity index (χ0v) is 14.1. The van der Waals surface area contributed by atoms with Crippen LogP contribution in [0.3, 0.4) is 0 Å². The number of imidazole rings is 1. The van der Waals surface area contributed by atoms with Crippen LogP contribution in [-0.4, -0.2) is 17.1 Å². The second kappa shape index (κ2) is 8.15. The van der Waals surface area contributed by atoms with Gasteiger partial charge in [-0.05, 0) is 36.2 Å². The number of hydrogen-bond donors (Lipinski definition) is 2. The van der Waals surface area contributed by atoms with E-state index in [9.17, 15) is 4.39 Å². The highest BCUT2D eigenvalue weighted by atomic mass is 35.5. The van der Waals surface area contributed by atoms with Crippen LogP contribution in [0.1, 0.15) is 17.4 Å². The summed E-state index contributed by atoms with van der Waals surface area (Å²) in [7, 11) is 1.63. The Kier molecular flexibility index (Phi) is 6.81. The van der Waals surface area contributed by atoms with Crippen LogP contribution in [-0.2, 0) is 6.42 Å². The van der Waals surface area contributed by atoms with Gasteiger partial charge in [-0.2, -0.15) is 0 Å². The van der Waals surface area contributed by atoms with Gasteiger partial charge in [0, 0.05) is 0 Å². The lowest BCUT2D eigenvalue weighted by Crippen LogP contribution is -2.14. The number of nitrogens with one attached hydrogen (secondary N) is 1.